The Balaban J connectivity index is 1.39. The number of H-pyrrole nitrogens is 1. The lowest BCUT2D eigenvalue weighted by atomic mass is 9.93. The van der Waals surface area contributed by atoms with Crippen molar-refractivity contribution in [1.29, 1.82) is 0 Å². The van der Waals surface area contributed by atoms with Gasteiger partial charge in [0, 0.05) is 34.7 Å². The van der Waals surface area contributed by atoms with Gasteiger partial charge in [-0.25, -0.2) is 8.42 Å². The van der Waals surface area contributed by atoms with Crippen molar-refractivity contribution in [2.75, 3.05) is 12.3 Å². The number of nitrogens with zero attached hydrogens (tertiary/aromatic N) is 1. The molecule has 2 aliphatic rings. The summed E-state index contributed by atoms with van der Waals surface area (Å²) in [5.74, 6) is 0.290. The van der Waals surface area contributed by atoms with E-state index < -0.39 is 10.0 Å². The van der Waals surface area contributed by atoms with Crippen LogP contribution >= 0.6 is 0 Å². The first-order valence-corrected chi connectivity index (χ1v) is 11.3. The molecule has 0 amide bonds. The van der Waals surface area contributed by atoms with Crippen LogP contribution in [0, 0.1) is 6.92 Å². The van der Waals surface area contributed by atoms with E-state index in [-0.39, 0.29) is 23.3 Å². The predicted octanol–water partition coefficient (Wildman–Crippen LogP) is 2.70. The van der Waals surface area contributed by atoms with E-state index in [0.29, 0.717) is 24.1 Å². The first-order chi connectivity index (χ1) is 13.0. The fourth-order valence-corrected chi connectivity index (χ4v) is 6.10. The summed E-state index contributed by atoms with van der Waals surface area (Å²) in [7, 11) is -3.04. The third-order valence-electron chi connectivity index (χ3n) is 5.90. The lowest BCUT2D eigenvalue weighted by molar-refractivity contribution is 0.00439. The molecule has 27 heavy (non-hydrogen) atoms. The number of aromatic nitrogens is 1. The minimum absolute atomic E-state index is 0.0471. The summed E-state index contributed by atoms with van der Waals surface area (Å²) in [4.78, 5) is 15.8. The molecular formula is C20H26N2O4S. The van der Waals surface area contributed by atoms with Gasteiger partial charge in [0.2, 0.25) is 10.0 Å². The maximum Gasteiger partial charge on any atom is 0.214 e. The molecule has 0 radical (unpaired) electrons. The number of ether oxygens (including phenoxy) is 1. The van der Waals surface area contributed by atoms with Crippen molar-refractivity contribution < 1.29 is 13.2 Å². The van der Waals surface area contributed by atoms with Gasteiger partial charge in [-0.3, -0.25) is 4.79 Å². The van der Waals surface area contributed by atoms with E-state index in [1.54, 1.807) is 4.31 Å². The van der Waals surface area contributed by atoms with Crippen LogP contribution in [0.2, 0.25) is 0 Å². The van der Waals surface area contributed by atoms with E-state index >= 15 is 0 Å². The number of nitrogens with one attached hydrogen (secondary N) is 1. The van der Waals surface area contributed by atoms with Crippen LogP contribution in [-0.2, 0) is 21.4 Å². The maximum absolute atomic E-state index is 12.5. The Morgan fingerprint density at radius 2 is 1.93 bits per heavy atom. The molecule has 2 aromatic rings. The molecular weight excluding hydrogens is 364 g/mol. The van der Waals surface area contributed by atoms with Gasteiger partial charge in [0.15, 0.2) is 5.43 Å². The Morgan fingerprint density at radius 3 is 2.63 bits per heavy atom. The van der Waals surface area contributed by atoms with Gasteiger partial charge in [-0.05, 0) is 51.2 Å². The van der Waals surface area contributed by atoms with Crippen LogP contribution in [0.5, 0.6) is 0 Å². The number of aromatic amines is 1. The van der Waals surface area contributed by atoms with Crippen LogP contribution in [0.3, 0.4) is 0 Å². The molecule has 0 atom stereocenters. The van der Waals surface area contributed by atoms with E-state index in [9.17, 15) is 13.2 Å². The van der Waals surface area contributed by atoms with E-state index in [2.05, 4.69) is 4.98 Å². The van der Waals surface area contributed by atoms with Gasteiger partial charge in [0.25, 0.3) is 0 Å². The Labute approximate surface area is 159 Å². The number of benzene rings is 1. The Hall–Kier alpha value is -1.70. The first-order valence-electron chi connectivity index (χ1n) is 9.67. The van der Waals surface area contributed by atoms with Gasteiger partial charge in [0.05, 0.1) is 18.5 Å². The van der Waals surface area contributed by atoms with Crippen LogP contribution in [0.25, 0.3) is 10.9 Å². The van der Waals surface area contributed by atoms with Crippen molar-refractivity contribution in [3.8, 4) is 0 Å². The highest BCUT2D eigenvalue weighted by molar-refractivity contribution is 7.89. The number of rotatable bonds is 4. The lowest BCUT2D eigenvalue weighted by Crippen LogP contribution is -2.40. The molecule has 1 aliphatic heterocycles. The molecule has 6 nitrogen and oxygen atoms in total. The molecule has 0 unspecified atom stereocenters. The third-order valence-corrected chi connectivity index (χ3v) is 7.90. The summed E-state index contributed by atoms with van der Waals surface area (Å²) in [5.41, 5.74) is 2.40. The van der Waals surface area contributed by atoms with Crippen LogP contribution < -0.4 is 5.43 Å². The van der Waals surface area contributed by atoms with Gasteiger partial charge in [-0.2, -0.15) is 4.31 Å². The summed E-state index contributed by atoms with van der Waals surface area (Å²) >= 11 is 0. The predicted molar refractivity (Wildman–Crippen MR) is 105 cm³/mol. The van der Waals surface area contributed by atoms with Crippen molar-refractivity contribution >= 4 is 20.9 Å². The minimum atomic E-state index is -3.04. The van der Waals surface area contributed by atoms with Crippen molar-refractivity contribution in [3.05, 3.63) is 45.7 Å². The quantitative estimate of drug-likeness (QED) is 0.871. The average molecular weight is 391 g/mol. The van der Waals surface area contributed by atoms with Crippen molar-refractivity contribution in [3.63, 3.8) is 0 Å². The van der Waals surface area contributed by atoms with E-state index in [0.717, 1.165) is 43.3 Å². The molecule has 2 fully saturated rings. The van der Waals surface area contributed by atoms with Crippen LogP contribution in [0.4, 0.5) is 0 Å². The second kappa shape index (κ2) is 7.37. The zero-order valence-corrected chi connectivity index (χ0v) is 16.4. The fourth-order valence-electron chi connectivity index (χ4n) is 4.30. The van der Waals surface area contributed by atoms with E-state index in [1.807, 2.05) is 31.2 Å². The van der Waals surface area contributed by atoms with Gasteiger partial charge in [0.1, 0.15) is 0 Å². The highest BCUT2D eigenvalue weighted by Gasteiger charge is 2.36. The molecule has 1 aliphatic carbocycles. The number of pyridine rings is 1. The highest BCUT2D eigenvalue weighted by atomic mass is 32.2. The Bertz CT molecular complexity index is 991. The largest absolute Gasteiger partial charge is 0.372 e. The summed E-state index contributed by atoms with van der Waals surface area (Å²) in [6.45, 7) is 2.87. The summed E-state index contributed by atoms with van der Waals surface area (Å²) < 4.78 is 32.0. The van der Waals surface area contributed by atoms with E-state index in [1.165, 1.54) is 0 Å². The highest BCUT2D eigenvalue weighted by Crippen LogP contribution is 2.30. The number of para-hydroxylation sites is 1. The summed E-state index contributed by atoms with van der Waals surface area (Å²) in [6, 6.07) is 7.64. The lowest BCUT2D eigenvalue weighted by Gasteiger charge is -2.33. The van der Waals surface area contributed by atoms with Crippen LogP contribution in [0.15, 0.2) is 29.1 Å². The molecule has 4 rings (SSSR count). The molecule has 7 heteroatoms. The smallest absolute Gasteiger partial charge is 0.214 e. The van der Waals surface area contributed by atoms with Crippen molar-refractivity contribution in [2.24, 2.45) is 0 Å². The van der Waals surface area contributed by atoms with E-state index in [4.69, 9.17) is 4.74 Å². The number of hydrogen-bond donors (Lipinski definition) is 1. The SMILES string of the molecule is Cc1c(COC2CCC(N3CCCS3(=O)=O)CC2)[nH]c2ccccc2c1=O. The van der Waals surface area contributed by atoms with Crippen molar-refractivity contribution in [2.45, 2.75) is 57.8 Å². The zero-order valence-electron chi connectivity index (χ0n) is 15.6. The number of fused-ring (bicyclic) bond motifs is 1. The number of hydrogen-bond acceptors (Lipinski definition) is 4. The zero-order chi connectivity index (χ0) is 19.0. The molecule has 1 aromatic carbocycles. The first kappa shape index (κ1) is 18.7. The topological polar surface area (TPSA) is 79.5 Å². The normalized spacial score (nSPS) is 25.8. The molecule has 1 N–H and O–H groups in total. The maximum atomic E-state index is 12.5. The second-order valence-electron chi connectivity index (χ2n) is 7.63. The Kier molecular flexibility index (Phi) is 5.09. The molecule has 146 valence electrons. The van der Waals surface area contributed by atoms with Gasteiger partial charge >= 0.3 is 0 Å². The van der Waals surface area contributed by atoms with Gasteiger partial charge in [-0.15, -0.1) is 0 Å². The summed E-state index contributed by atoms with van der Waals surface area (Å²) in [5, 5.41) is 0.700. The molecule has 1 saturated heterocycles. The van der Waals surface area contributed by atoms with Crippen molar-refractivity contribution in [1.82, 2.24) is 9.29 Å². The Morgan fingerprint density at radius 1 is 1.19 bits per heavy atom. The summed E-state index contributed by atoms with van der Waals surface area (Å²) in [6.07, 6.45) is 4.25. The van der Waals surface area contributed by atoms with Crippen LogP contribution in [0.1, 0.15) is 43.4 Å². The molecule has 2 heterocycles. The van der Waals surface area contributed by atoms with Crippen LogP contribution in [-0.4, -0.2) is 42.2 Å². The molecule has 1 aromatic heterocycles. The third kappa shape index (κ3) is 3.68. The number of sulfonamides is 1. The standard InChI is InChI=1S/C20H26N2O4S/c1-14-19(21-18-6-3-2-5-17(18)20(14)23)13-26-16-9-7-15(8-10-16)22-11-4-12-27(22,24)25/h2-3,5-6,15-16H,4,7-13H2,1H3,(H,21,23). The average Bonchev–Trinajstić information content (AvgIpc) is 3.03. The van der Waals surface area contributed by atoms with Gasteiger partial charge in [-0.1, -0.05) is 12.1 Å². The molecule has 1 saturated carbocycles. The monoisotopic (exact) mass is 390 g/mol. The fraction of sp³-hybridized carbons (Fsp3) is 0.550. The van der Waals surface area contributed by atoms with Gasteiger partial charge < -0.3 is 9.72 Å². The molecule has 0 bridgehead atoms. The minimum Gasteiger partial charge on any atom is -0.372 e. The molecule has 0 spiro atoms. The second-order valence-corrected chi connectivity index (χ2v) is 9.67.